The summed E-state index contributed by atoms with van der Waals surface area (Å²) in [6, 6.07) is 6.50. The Morgan fingerprint density at radius 3 is 3.06 bits per heavy atom. The van der Waals surface area contributed by atoms with Crippen molar-refractivity contribution in [3.63, 3.8) is 0 Å². The normalized spacial score (nSPS) is 22.6. The average molecular weight is 219 g/mol. The summed E-state index contributed by atoms with van der Waals surface area (Å²) in [6.45, 7) is 2.81. The molecule has 1 fully saturated rings. The molecule has 4 heteroatoms. The number of carbonyl (C=O) groups is 1. The molecule has 0 aliphatic carbocycles. The average Bonchev–Trinajstić information content (AvgIpc) is 2.33. The molecule has 0 bridgehead atoms. The maximum absolute atomic E-state index is 11.0. The van der Waals surface area contributed by atoms with Gasteiger partial charge in [0, 0.05) is 31.2 Å². The number of amides is 1. The van der Waals surface area contributed by atoms with Crippen molar-refractivity contribution < 1.29 is 4.79 Å². The molecule has 1 aromatic heterocycles. The molecule has 1 amide bonds. The number of hydrogen-bond donors (Lipinski definition) is 2. The van der Waals surface area contributed by atoms with Crippen LogP contribution in [0.3, 0.4) is 0 Å². The fraction of sp³-hybridized carbons (Fsp3) is 0.500. The quantitative estimate of drug-likeness (QED) is 0.797. The molecule has 1 aliphatic heterocycles. The molecule has 1 aromatic rings. The summed E-state index contributed by atoms with van der Waals surface area (Å²) in [5, 5.41) is 6.35. The third kappa shape index (κ3) is 2.79. The molecule has 0 aromatic carbocycles. The summed E-state index contributed by atoms with van der Waals surface area (Å²) in [5.41, 5.74) is 1.04. The Morgan fingerprint density at radius 1 is 1.56 bits per heavy atom. The summed E-state index contributed by atoms with van der Waals surface area (Å²) in [7, 11) is 0. The first-order valence-corrected chi connectivity index (χ1v) is 5.69. The van der Waals surface area contributed by atoms with Gasteiger partial charge in [-0.3, -0.25) is 9.78 Å². The second-order valence-electron chi connectivity index (χ2n) is 4.18. The van der Waals surface area contributed by atoms with Crippen LogP contribution >= 0.6 is 0 Å². The SMILES string of the molecule is CC(NC1CCC(=O)NC1)c1ccccn1. The van der Waals surface area contributed by atoms with Crippen LogP contribution in [0.15, 0.2) is 24.4 Å². The van der Waals surface area contributed by atoms with E-state index in [0.717, 1.165) is 18.7 Å². The lowest BCUT2D eigenvalue weighted by Gasteiger charge is -2.26. The minimum absolute atomic E-state index is 0.156. The molecule has 1 saturated heterocycles. The molecule has 2 heterocycles. The number of hydrogen-bond acceptors (Lipinski definition) is 3. The number of nitrogens with zero attached hydrogens (tertiary/aromatic N) is 1. The van der Waals surface area contributed by atoms with Crippen molar-refractivity contribution in [1.82, 2.24) is 15.6 Å². The van der Waals surface area contributed by atoms with Crippen LogP contribution in [0.25, 0.3) is 0 Å². The van der Waals surface area contributed by atoms with E-state index in [4.69, 9.17) is 0 Å². The summed E-state index contributed by atoms with van der Waals surface area (Å²) < 4.78 is 0. The van der Waals surface area contributed by atoms with Crippen LogP contribution in [0.1, 0.15) is 31.5 Å². The highest BCUT2D eigenvalue weighted by Gasteiger charge is 2.19. The van der Waals surface area contributed by atoms with Gasteiger partial charge >= 0.3 is 0 Å². The van der Waals surface area contributed by atoms with Gasteiger partial charge in [-0.05, 0) is 25.5 Å². The van der Waals surface area contributed by atoms with E-state index in [2.05, 4.69) is 22.5 Å². The van der Waals surface area contributed by atoms with E-state index in [9.17, 15) is 4.79 Å². The van der Waals surface area contributed by atoms with Crippen LogP contribution in [0.2, 0.25) is 0 Å². The highest BCUT2D eigenvalue weighted by molar-refractivity contribution is 5.76. The molecule has 2 rings (SSSR count). The number of nitrogens with one attached hydrogen (secondary N) is 2. The number of carbonyl (C=O) groups excluding carboxylic acids is 1. The van der Waals surface area contributed by atoms with Crippen molar-refractivity contribution in [2.45, 2.75) is 31.8 Å². The summed E-state index contributed by atoms with van der Waals surface area (Å²) in [6.07, 6.45) is 3.33. The molecule has 4 nitrogen and oxygen atoms in total. The van der Waals surface area contributed by atoms with Crippen LogP contribution in [-0.4, -0.2) is 23.5 Å². The van der Waals surface area contributed by atoms with Gasteiger partial charge in [0.1, 0.15) is 0 Å². The molecule has 0 saturated carbocycles. The van der Waals surface area contributed by atoms with Gasteiger partial charge in [-0.1, -0.05) is 6.07 Å². The van der Waals surface area contributed by atoms with Crippen molar-refractivity contribution in [2.24, 2.45) is 0 Å². The van der Waals surface area contributed by atoms with Crippen LogP contribution in [0.5, 0.6) is 0 Å². The minimum atomic E-state index is 0.156. The Bertz CT molecular complexity index is 343. The first-order chi connectivity index (χ1) is 7.75. The molecule has 0 spiro atoms. The van der Waals surface area contributed by atoms with E-state index in [1.807, 2.05) is 18.2 Å². The first kappa shape index (κ1) is 11.1. The Kier molecular flexibility index (Phi) is 3.51. The fourth-order valence-electron chi connectivity index (χ4n) is 1.95. The first-order valence-electron chi connectivity index (χ1n) is 5.69. The van der Waals surface area contributed by atoms with Gasteiger partial charge in [0.2, 0.25) is 5.91 Å². The molecule has 86 valence electrons. The Morgan fingerprint density at radius 2 is 2.44 bits per heavy atom. The van der Waals surface area contributed by atoms with Gasteiger partial charge in [-0.15, -0.1) is 0 Å². The Labute approximate surface area is 95.5 Å². The van der Waals surface area contributed by atoms with E-state index in [1.54, 1.807) is 6.20 Å². The van der Waals surface area contributed by atoms with Gasteiger partial charge in [0.05, 0.1) is 5.69 Å². The number of aromatic nitrogens is 1. The molecule has 2 unspecified atom stereocenters. The summed E-state index contributed by atoms with van der Waals surface area (Å²) in [5.74, 6) is 0.156. The van der Waals surface area contributed by atoms with Crippen LogP contribution in [0.4, 0.5) is 0 Å². The van der Waals surface area contributed by atoms with E-state index < -0.39 is 0 Å². The van der Waals surface area contributed by atoms with Crippen molar-refractivity contribution in [2.75, 3.05) is 6.54 Å². The number of pyridine rings is 1. The smallest absolute Gasteiger partial charge is 0.220 e. The van der Waals surface area contributed by atoms with Crippen molar-refractivity contribution in [3.05, 3.63) is 30.1 Å². The minimum Gasteiger partial charge on any atom is -0.355 e. The largest absolute Gasteiger partial charge is 0.355 e. The van der Waals surface area contributed by atoms with E-state index >= 15 is 0 Å². The number of rotatable bonds is 3. The maximum atomic E-state index is 11.0. The third-order valence-electron chi connectivity index (χ3n) is 2.88. The highest BCUT2D eigenvalue weighted by Crippen LogP contribution is 2.12. The second-order valence-corrected chi connectivity index (χ2v) is 4.18. The van der Waals surface area contributed by atoms with Crippen LogP contribution < -0.4 is 10.6 Å². The Balaban J connectivity index is 1.88. The molecule has 2 N–H and O–H groups in total. The lowest BCUT2D eigenvalue weighted by atomic mass is 10.1. The Hall–Kier alpha value is -1.42. The van der Waals surface area contributed by atoms with Gasteiger partial charge in [0.25, 0.3) is 0 Å². The maximum Gasteiger partial charge on any atom is 0.220 e. The van der Waals surface area contributed by atoms with E-state index in [-0.39, 0.29) is 11.9 Å². The lowest BCUT2D eigenvalue weighted by molar-refractivity contribution is -0.122. The van der Waals surface area contributed by atoms with Crippen molar-refractivity contribution >= 4 is 5.91 Å². The zero-order valence-corrected chi connectivity index (χ0v) is 9.44. The lowest BCUT2D eigenvalue weighted by Crippen LogP contribution is -2.46. The second kappa shape index (κ2) is 5.07. The van der Waals surface area contributed by atoms with Crippen LogP contribution in [-0.2, 0) is 4.79 Å². The summed E-state index contributed by atoms with van der Waals surface area (Å²) >= 11 is 0. The molecular weight excluding hydrogens is 202 g/mol. The topological polar surface area (TPSA) is 54.0 Å². The fourth-order valence-corrected chi connectivity index (χ4v) is 1.95. The standard InChI is InChI=1S/C12H17N3O/c1-9(11-4-2-3-7-13-11)15-10-5-6-12(16)14-8-10/h2-4,7,9-10,15H,5-6,8H2,1H3,(H,14,16). The predicted molar refractivity (Wildman–Crippen MR) is 61.8 cm³/mol. The van der Waals surface area contributed by atoms with E-state index in [1.165, 1.54) is 0 Å². The van der Waals surface area contributed by atoms with Gasteiger partial charge < -0.3 is 10.6 Å². The van der Waals surface area contributed by atoms with Gasteiger partial charge in [-0.25, -0.2) is 0 Å². The molecular formula is C12H17N3O. The highest BCUT2D eigenvalue weighted by atomic mass is 16.1. The molecule has 2 atom stereocenters. The van der Waals surface area contributed by atoms with Crippen LogP contribution in [0, 0.1) is 0 Å². The zero-order chi connectivity index (χ0) is 11.4. The molecule has 0 radical (unpaired) electrons. The molecule has 16 heavy (non-hydrogen) atoms. The van der Waals surface area contributed by atoms with Crippen molar-refractivity contribution in [3.8, 4) is 0 Å². The molecule has 1 aliphatic rings. The predicted octanol–water partition coefficient (Wildman–Crippen LogP) is 1.01. The van der Waals surface area contributed by atoms with Crippen molar-refractivity contribution in [1.29, 1.82) is 0 Å². The third-order valence-corrected chi connectivity index (χ3v) is 2.88. The van der Waals surface area contributed by atoms with E-state index in [0.29, 0.717) is 12.5 Å². The number of piperidine rings is 1. The summed E-state index contributed by atoms with van der Waals surface area (Å²) in [4.78, 5) is 15.3. The monoisotopic (exact) mass is 219 g/mol. The zero-order valence-electron chi connectivity index (χ0n) is 9.44. The van der Waals surface area contributed by atoms with Gasteiger partial charge in [-0.2, -0.15) is 0 Å². The van der Waals surface area contributed by atoms with Gasteiger partial charge in [0.15, 0.2) is 0 Å².